The molecule has 1 aliphatic heterocycles. The fourth-order valence-corrected chi connectivity index (χ4v) is 4.62. The second-order valence-corrected chi connectivity index (χ2v) is 7.93. The van der Waals surface area contributed by atoms with E-state index in [1.165, 1.54) is 59.1 Å². The first-order chi connectivity index (χ1) is 12.4. The minimum absolute atomic E-state index is 1.03. The first kappa shape index (κ1) is 16.7. The van der Waals surface area contributed by atoms with Crippen molar-refractivity contribution in [3.63, 3.8) is 0 Å². The lowest BCUT2D eigenvalue weighted by Gasteiger charge is -2.27. The van der Waals surface area contributed by atoms with Crippen LogP contribution < -0.4 is 0 Å². The summed E-state index contributed by atoms with van der Waals surface area (Å²) in [5.41, 5.74) is 2.88. The molecule has 1 aliphatic rings. The Hall–Kier alpha value is -1.77. The number of piperidine rings is 1. The van der Waals surface area contributed by atoms with Crippen LogP contribution in [0.1, 0.15) is 30.4 Å². The lowest BCUT2D eigenvalue weighted by Crippen LogP contribution is -2.29. The van der Waals surface area contributed by atoms with Crippen molar-refractivity contribution in [3.8, 4) is 0 Å². The van der Waals surface area contributed by atoms with E-state index in [0.717, 1.165) is 12.3 Å². The van der Waals surface area contributed by atoms with E-state index in [4.69, 9.17) is 0 Å². The van der Waals surface area contributed by atoms with E-state index in [1.54, 1.807) is 0 Å². The molecule has 1 nitrogen and oxygen atoms in total. The molecule has 0 aliphatic carbocycles. The molecule has 2 heteroatoms. The van der Waals surface area contributed by atoms with Crippen molar-refractivity contribution in [1.29, 1.82) is 0 Å². The molecular weight excluding hydrogens is 322 g/mol. The number of hydrogen-bond acceptors (Lipinski definition) is 2. The van der Waals surface area contributed by atoms with E-state index in [1.807, 2.05) is 11.8 Å². The van der Waals surface area contributed by atoms with E-state index in [9.17, 15) is 0 Å². The van der Waals surface area contributed by atoms with Gasteiger partial charge in [-0.3, -0.25) is 4.90 Å². The molecular formula is C23H25NS. The molecule has 3 aromatic rings. The van der Waals surface area contributed by atoms with Gasteiger partial charge < -0.3 is 0 Å². The predicted molar refractivity (Wildman–Crippen MR) is 109 cm³/mol. The van der Waals surface area contributed by atoms with Crippen molar-refractivity contribution in [2.75, 3.05) is 13.1 Å². The Morgan fingerprint density at radius 1 is 0.760 bits per heavy atom. The van der Waals surface area contributed by atoms with Crippen LogP contribution in [-0.4, -0.2) is 18.0 Å². The summed E-state index contributed by atoms with van der Waals surface area (Å²) in [5.74, 6) is 1.03. The number of likely N-dealkylation sites (tertiary alicyclic amines) is 1. The first-order valence-electron chi connectivity index (χ1n) is 9.29. The van der Waals surface area contributed by atoms with E-state index in [2.05, 4.69) is 71.6 Å². The molecule has 0 N–H and O–H groups in total. The maximum Gasteiger partial charge on any atom is 0.0244 e. The van der Waals surface area contributed by atoms with Crippen LogP contribution in [0, 0.1) is 0 Å². The topological polar surface area (TPSA) is 3.24 Å². The van der Waals surface area contributed by atoms with Crippen molar-refractivity contribution >= 4 is 22.5 Å². The smallest absolute Gasteiger partial charge is 0.0244 e. The van der Waals surface area contributed by atoms with Gasteiger partial charge in [-0.15, -0.1) is 11.8 Å². The molecule has 0 atom stereocenters. The molecule has 4 rings (SSSR count). The third-order valence-electron chi connectivity index (χ3n) is 5.02. The number of fused-ring (bicyclic) bond motifs is 1. The zero-order valence-electron chi connectivity index (χ0n) is 14.7. The Kier molecular flexibility index (Phi) is 5.39. The molecule has 3 aromatic carbocycles. The summed E-state index contributed by atoms with van der Waals surface area (Å²) in [6.45, 7) is 3.61. The van der Waals surface area contributed by atoms with Gasteiger partial charge in [0.1, 0.15) is 0 Å². The molecule has 0 radical (unpaired) electrons. The van der Waals surface area contributed by atoms with Crippen LogP contribution in [-0.2, 0) is 12.3 Å². The average Bonchev–Trinajstić information content (AvgIpc) is 2.68. The van der Waals surface area contributed by atoms with Crippen LogP contribution >= 0.6 is 11.8 Å². The zero-order valence-corrected chi connectivity index (χ0v) is 15.5. The van der Waals surface area contributed by atoms with Crippen LogP contribution in [0.25, 0.3) is 10.8 Å². The van der Waals surface area contributed by atoms with Crippen molar-refractivity contribution in [2.45, 2.75) is 36.5 Å². The third kappa shape index (κ3) is 4.26. The highest BCUT2D eigenvalue weighted by molar-refractivity contribution is 7.98. The minimum Gasteiger partial charge on any atom is -0.299 e. The molecule has 0 spiro atoms. The van der Waals surface area contributed by atoms with Gasteiger partial charge in [-0.25, -0.2) is 0 Å². The molecule has 128 valence electrons. The maximum atomic E-state index is 2.61. The molecule has 0 saturated carbocycles. The number of benzene rings is 3. The number of rotatable bonds is 5. The lowest BCUT2D eigenvalue weighted by atomic mass is 10.1. The Labute approximate surface area is 155 Å². The largest absolute Gasteiger partial charge is 0.299 e. The standard InChI is InChI=1S/C23H25NS/c1-6-14-24(15-7-1)17-22-10-4-5-11-23(22)25-18-19-12-13-20-8-2-3-9-21(20)16-19/h2-5,8-13,16H,1,6-7,14-15,17-18H2. The minimum atomic E-state index is 1.03. The Balaban J connectivity index is 1.46. The predicted octanol–water partition coefficient (Wildman–Crippen LogP) is 6.12. The van der Waals surface area contributed by atoms with Crippen LogP contribution in [0.4, 0.5) is 0 Å². The highest BCUT2D eigenvalue weighted by Gasteiger charge is 2.12. The van der Waals surface area contributed by atoms with Gasteiger partial charge in [0.15, 0.2) is 0 Å². The van der Waals surface area contributed by atoms with Crippen LogP contribution in [0.15, 0.2) is 71.6 Å². The second kappa shape index (κ2) is 8.07. The van der Waals surface area contributed by atoms with Crippen molar-refractivity contribution in [1.82, 2.24) is 4.90 Å². The van der Waals surface area contributed by atoms with Gasteiger partial charge in [-0.05, 0) is 53.9 Å². The summed E-state index contributed by atoms with van der Waals surface area (Å²) in [6, 6.07) is 24.4. The van der Waals surface area contributed by atoms with Gasteiger partial charge in [-0.2, -0.15) is 0 Å². The fourth-order valence-electron chi connectivity index (χ4n) is 3.62. The van der Waals surface area contributed by atoms with Gasteiger partial charge in [0.05, 0.1) is 0 Å². The van der Waals surface area contributed by atoms with Gasteiger partial charge >= 0.3 is 0 Å². The van der Waals surface area contributed by atoms with Gasteiger partial charge in [0.2, 0.25) is 0 Å². The van der Waals surface area contributed by atoms with Crippen LogP contribution in [0.5, 0.6) is 0 Å². The lowest BCUT2D eigenvalue weighted by molar-refractivity contribution is 0.219. The molecule has 0 amide bonds. The van der Waals surface area contributed by atoms with Gasteiger partial charge in [0.25, 0.3) is 0 Å². The van der Waals surface area contributed by atoms with E-state index in [0.29, 0.717) is 0 Å². The highest BCUT2D eigenvalue weighted by Crippen LogP contribution is 2.29. The number of nitrogens with zero attached hydrogens (tertiary/aromatic N) is 1. The maximum absolute atomic E-state index is 2.61. The Morgan fingerprint density at radius 2 is 1.52 bits per heavy atom. The van der Waals surface area contributed by atoms with Crippen LogP contribution in [0.2, 0.25) is 0 Å². The normalized spacial score (nSPS) is 15.5. The van der Waals surface area contributed by atoms with Gasteiger partial charge in [0, 0.05) is 17.2 Å². The molecule has 1 heterocycles. The second-order valence-electron chi connectivity index (χ2n) is 6.91. The number of hydrogen-bond donors (Lipinski definition) is 0. The highest BCUT2D eigenvalue weighted by atomic mass is 32.2. The van der Waals surface area contributed by atoms with E-state index in [-0.39, 0.29) is 0 Å². The molecule has 0 bridgehead atoms. The third-order valence-corrected chi connectivity index (χ3v) is 6.21. The first-order valence-corrected chi connectivity index (χ1v) is 10.3. The van der Waals surface area contributed by atoms with Crippen molar-refractivity contribution in [3.05, 3.63) is 77.9 Å². The van der Waals surface area contributed by atoms with E-state index < -0.39 is 0 Å². The molecule has 1 fully saturated rings. The molecule has 0 unspecified atom stereocenters. The quantitative estimate of drug-likeness (QED) is 0.512. The van der Waals surface area contributed by atoms with Crippen molar-refractivity contribution < 1.29 is 0 Å². The summed E-state index contributed by atoms with van der Waals surface area (Å²) in [4.78, 5) is 4.04. The Bertz CT molecular complexity index is 836. The van der Waals surface area contributed by atoms with E-state index >= 15 is 0 Å². The molecule has 0 aromatic heterocycles. The summed E-state index contributed by atoms with van der Waals surface area (Å²) in [6.07, 6.45) is 4.10. The summed E-state index contributed by atoms with van der Waals surface area (Å²) in [5, 5.41) is 2.66. The molecule has 25 heavy (non-hydrogen) atoms. The number of thioether (sulfide) groups is 1. The molecule has 1 saturated heterocycles. The summed E-state index contributed by atoms with van der Waals surface area (Å²) in [7, 11) is 0. The summed E-state index contributed by atoms with van der Waals surface area (Å²) < 4.78 is 0. The van der Waals surface area contributed by atoms with Crippen LogP contribution in [0.3, 0.4) is 0 Å². The zero-order chi connectivity index (χ0) is 16.9. The Morgan fingerprint density at radius 3 is 2.40 bits per heavy atom. The summed E-state index contributed by atoms with van der Waals surface area (Å²) >= 11 is 1.97. The monoisotopic (exact) mass is 347 g/mol. The fraction of sp³-hybridized carbons (Fsp3) is 0.304. The van der Waals surface area contributed by atoms with Gasteiger partial charge in [-0.1, -0.05) is 67.1 Å². The van der Waals surface area contributed by atoms with Crippen molar-refractivity contribution in [2.24, 2.45) is 0 Å². The average molecular weight is 348 g/mol. The SMILES string of the molecule is c1ccc(SCc2ccc3ccccc3c2)c(CN2CCCCC2)c1.